The molecule has 3 heterocycles. The van der Waals surface area contributed by atoms with Gasteiger partial charge >= 0.3 is 0 Å². The molecule has 1 aliphatic heterocycles. The van der Waals surface area contributed by atoms with Gasteiger partial charge in [0.05, 0.1) is 11.4 Å². The third-order valence-corrected chi connectivity index (χ3v) is 4.04. The van der Waals surface area contributed by atoms with Crippen LogP contribution in [0.1, 0.15) is 18.9 Å². The molecule has 0 radical (unpaired) electrons. The molecular formula is C11H10BrClN4O. The molecule has 2 aromatic rings. The van der Waals surface area contributed by atoms with E-state index < -0.39 is 0 Å². The number of aromatic nitrogens is 3. The van der Waals surface area contributed by atoms with Crippen LogP contribution in [-0.2, 0) is 4.79 Å². The molecule has 0 bridgehead atoms. The first-order valence-electron chi connectivity index (χ1n) is 5.60. The van der Waals surface area contributed by atoms with E-state index in [1.54, 1.807) is 0 Å². The van der Waals surface area contributed by atoms with Crippen LogP contribution in [0.2, 0.25) is 5.15 Å². The lowest BCUT2D eigenvalue weighted by atomic mass is 10.1. The predicted molar refractivity (Wildman–Crippen MR) is 71.5 cm³/mol. The third-order valence-electron chi connectivity index (χ3n) is 3.15. The lowest BCUT2D eigenvalue weighted by Crippen LogP contribution is -2.35. The zero-order valence-electron chi connectivity index (χ0n) is 9.36. The molecule has 0 aromatic carbocycles. The van der Waals surface area contributed by atoms with Gasteiger partial charge in [-0.05, 0) is 22.4 Å². The van der Waals surface area contributed by atoms with Crippen LogP contribution in [0.3, 0.4) is 0 Å². The summed E-state index contributed by atoms with van der Waals surface area (Å²) in [6.07, 6.45) is 4.76. The van der Waals surface area contributed by atoms with E-state index in [9.17, 15) is 4.79 Å². The third kappa shape index (κ3) is 1.89. The molecule has 0 aliphatic carbocycles. The van der Waals surface area contributed by atoms with Crippen molar-refractivity contribution < 1.29 is 4.79 Å². The van der Waals surface area contributed by atoms with Crippen molar-refractivity contribution in [3.63, 3.8) is 0 Å². The number of fused-ring (bicyclic) bond motifs is 1. The van der Waals surface area contributed by atoms with E-state index >= 15 is 0 Å². The first-order chi connectivity index (χ1) is 8.66. The van der Waals surface area contributed by atoms with Crippen molar-refractivity contribution in [2.24, 2.45) is 0 Å². The van der Waals surface area contributed by atoms with E-state index in [0.717, 1.165) is 21.9 Å². The monoisotopic (exact) mass is 328 g/mol. The Balaban J connectivity index is 2.07. The first kappa shape index (κ1) is 11.9. The minimum absolute atomic E-state index is 0.106. The predicted octanol–water partition coefficient (Wildman–Crippen LogP) is 2.30. The number of carbonyl (C=O) groups excluding carboxylic acids is 1. The van der Waals surface area contributed by atoms with E-state index in [0.29, 0.717) is 18.1 Å². The van der Waals surface area contributed by atoms with Crippen molar-refractivity contribution in [1.82, 2.24) is 19.9 Å². The smallest absolute Gasteiger partial charge is 0.220 e. The van der Waals surface area contributed by atoms with Crippen LogP contribution in [0, 0.1) is 0 Å². The zero-order chi connectivity index (χ0) is 12.7. The molecule has 18 heavy (non-hydrogen) atoms. The van der Waals surface area contributed by atoms with E-state index in [-0.39, 0.29) is 11.9 Å². The van der Waals surface area contributed by atoms with Crippen LogP contribution in [0.15, 0.2) is 17.0 Å². The average molecular weight is 330 g/mol. The van der Waals surface area contributed by atoms with Crippen molar-refractivity contribution in [2.75, 3.05) is 6.54 Å². The summed E-state index contributed by atoms with van der Waals surface area (Å²) in [6.45, 7) is 0.622. The Labute approximate surface area is 117 Å². The van der Waals surface area contributed by atoms with Gasteiger partial charge < -0.3 is 9.88 Å². The summed E-state index contributed by atoms with van der Waals surface area (Å²) >= 11 is 9.55. The number of rotatable bonds is 1. The van der Waals surface area contributed by atoms with Crippen LogP contribution in [-0.4, -0.2) is 27.0 Å². The van der Waals surface area contributed by atoms with Gasteiger partial charge in [-0.25, -0.2) is 9.97 Å². The van der Waals surface area contributed by atoms with E-state index in [1.165, 1.54) is 6.33 Å². The summed E-state index contributed by atoms with van der Waals surface area (Å²) in [7, 11) is 0. The highest BCUT2D eigenvalue weighted by Crippen LogP contribution is 2.32. The van der Waals surface area contributed by atoms with Gasteiger partial charge in [-0.1, -0.05) is 11.6 Å². The zero-order valence-corrected chi connectivity index (χ0v) is 11.7. The summed E-state index contributed by atoms with van der Waals surface area (Å²) in [5.74, 6) is 0.106. The normalized spacial score (nSPS) is 20.1. The summed E-state index contributed by atoms with van der Waals surface area (Å²) in [5, 5.41) is 4.12. The van der Waals surface area contributed by atoms with Crippen LogP contribution in [0.5, 0.6) is 0 Å². The molecule has 1 saturated heterocycles. The molecule has 2 aromatic heterocycles. The average Bonchev–Trinajstić information content (AvgIpc) is 2.69. The maximum atomic E-state index is 11.2. The topological polar surface area (TPSA) is 59.8 Å². The fourth-order valence-corrected chi connectivity index (χ4v) is 3.17. The number of hydrogen-bond donors (Lipinski definition) is 1. The van der Waals surface area contributed by atoms with Crippen LogP contribution in [0.25, 0.3) is 11.0 Å². The lowest BCUT2D eigenvalue weighted by molar-refractivity contribution is -0.122. The van der Waals surface area contributed by atoms with Crippen molar-refractivity contribution in [3.8, 4) is 0 Å². The van der Waals surface area contributed by atoms with E-state index in [4.69, 9.17) is 11.6 Å². The molecule has 0 saturated carbocycles. The first-order valence-corrected chi connectivity index (χ1v) is 6.77. The second-order valence-electron chi connectivity index (χ2n) is 4.24. The minimum Gasteiger partial charge on any atom is -0.354 e. The fourth-order valence-electron chi connectivity index (χ4n) is 2.24. The SMILES string of the molecule is O=C1CCC(n2cc(Br)c3c(Cl)ncnc32)CN1. The Morgan fingerprint density at radius 2 is 2.33 bits per heavy atom. The molecule has 1 amide bonds. The number of amides is 1. The number of nitrogens with zero attached hydrogens (tertiary/aromatic N) is 3. The maximum Gasteiger partial charge on any atom is 0.220 e. The van der Waals surface area contributed by atoms with Gasteiger partial charge in [0.15, 0.2) is 0 Å². The van der Waals surface area contributed by atoms with Gasteiger partial charge in [-0.2, -0.15) is 0 Å². The number of piperidine rings is 1. The number of nitrogens with one attached hydrogen (secondary N) is 1. The van der Waals surface area contributed by atoms with E-state index in [1.807, 2.05) is 10.8 Å². The quantitative estimate of drug-likeness (QED) is 0.817. The highest BCUT2D eigenvalue weighted by molar-refractivity contribution is 9.10. The van der Waals surface area contributed by atoms with Crippen LogP contribution in [0.4, 0.5) is 0 Å². The molecule has 1 aliphatic rings. The van der Waals surface area contributed by atoms with Crippen molar-refractivity contribution >= 4 is 44.5 Å². The molecule has 5 nitrogen and oxygen atoms in total. The number of halogens is 2. The minimum atomic E-state index is 0.106. The summed E-state index contributed by atoms with van der Waals surface area (Å²) in [4.78, 5) is 19.4. The molecule has 1 N–H and O–H groups in total. The lowest BCUT2D eigenvalue weighted by Gasteiger charge is -2.24. The molecule has 1 atom stereocenters. The van der Waals surface area contributed by atoms with Gasteiger partial charge in [0.2, 0.25) is 5.91 Å². The Bertz CT molecular complexity index is 617. The molecule has 3 rings (SSSR count). The van der Waals surface area contributed by atoms with Gasteiger partial charge in [0, 0.05) is 23.6 Å². The largest absolute Gasteiger partial charge is 0.354 e. The summed E-state index contributed by atoms with van der Waals surface area (Å²) in [5.41, 5.74) is 0.794. The second kappa shape index (κ2) is 4.51. The van der Waals surface area contributed by atoms with Gasteiger partial charge in [0.25, 0.3) is 0 Å². The number of hydrogen-bond acceptors (Lipinski definition) is 3. The van der Waals surface area contributed by atoms with Gasteiger partial charge in [0.1, 0.15) is 17.1 Å². The van der Waals surface area contributed by atoms with Crippen molar-refractivity contribution in [3.05, 3.63) is 22.1 Å². The molecule has 94 valence electrons. The molecule has 1 unspecified atom stereocenters. The maximum absolute atomic E-state index is 11.2. The molecular weight excluding hydrogens is 320 g/mol. The van der Waals surface area contributed by atoms with E-state index in [2.05, 4.69) is 31.2 Å². The van der Waals surface area contributed by atoms with Crippen LogP contribution >= 0.6 is 27.5 Å². The van der Waals surface area contributed by atoms with Crippen molar-refractivity contribution in [2.45, 2.75) is 18.9 Å². The second-order valence-corrected chi connectivity index (χ2v) is 5.46. The molecule has 0 spiro atoms. The standard InChI is InChI=1S/C11H10BrClN4O/c12-7-4-17(6-1-2-8(18)14-3-6)11-9(7)10(13)15-5-16-11/h4-6H,1-3H2,(H,14,18). The highest BCUT2D eigenvalue weighted by Gasteiger charge is 2.23. The highest BCUT2D eigenvalue weighted by atomic mass is 79.9. The Kier molecular flexibility index (Phi) is 2.99. The van der Waals surface area contributed by atoms with Gasteiger partial charge in [-0.15, -0.1) is 0 Å². The molecule has 1 fully saturated rings. The summed E-state index contributed by atoms with van der Waals surface area (Å²) < 4.78 is 2.92. The summed E-state index contributed by atoms with van der Waals surface area (Å²) in [6, 6.07) is 0.211. The Morgan fingerprint density at radius 3 is 3.06 bits per heavy atom. The fraction of sp³-hybridized carbons (Fsp3) is 0.364. The van der Waals surface area contributed by atoms with Crippen molar-refractivity contribution in [1.29, 1.82) is 0 Å². The van der Waals surface area contributed by atoms with Crippen LogP contribution < -0.4 is 5.32 Å². The Morgan fingerprint density at radius 1 is 1.50 bits per heavy atom. The molecule has 7 heteroatoms. The Hall–Kier alpha value is -1.14. The number of carbonyl (C=O) groups is 1. The van der Waals surface area contributed by atoms with Gasteiger partial charge in [-0.3, -0.25) is 4.79 Å².